The van der Waals surface area contributed by atoms with Crippen LogP contribution in [-0.2, 0) is 6.54 Å². The molecule has 1 amide bonds. The van der Waals surface area contributed by atoms with Crippen molar-refractivity contribution in [2.75, 3.05) is 24.5 Å². The van der Waals surface area contributed by atoms with Gasteiger partial charge in [-0.1, -0.05) is 13.8 Å². The van der Waals surface area contributed by atoms with Crippen LogP contribution in [0.25, 0.3) is 0 Å². The number of nitrogens with zero attached hydrogens (tertiary/aromatic N) is 5. The van der Waals surface area contributed by atoms with Gasteiger partial charge in [-0.3, -0.25) is 19.6 Å². The van der Waals surface area contributed by atoms with Crippen molar-refractivity contribution >= 4 is 17.7 Å². The summed E-state index contributed by atoms with van der Waals surface area (Å²) in [6, 6.07) is 0. The van der Waals surface area contributed by atoms with Crippen molar-refractivity contribution in [1.29, 1.82) is 0 Å². The van der Waals surface area contributed by atoms with Gasteiger partial charge in [0.25, 0.3) is 5.91 Å². The van der Waals surface area contributed by atoms with Gasteiger partial charge in [0.2, 0.25) is 5.96 Å². The highest BCUT2D eigenvalue weighted by atomic mass is 16.2. The van der Waals surface area contributed by atoms with E-state index in [1.165, 1.54) is 0 Å². The molecule has 0 radical (unpaired) electrons. The number of hydrogen-bond donors (Lipinski definition) is 0. The van der Waals surface area contributed by atoms with Gasteiger partial charge in [0, 0.05) is 26.2 Å². The fourth-order valence-corrected chi connectivity index (χ4v) is 2.87. The van der Waals surface area contributed by atoms with Crippen LogP contribution in [0, 0.1) is 0 Å². The summed E-state index contributed by atoms with van der Waals surface area (Å²) in [5.74, 6) is 1.62. The maximum atomic E-state index is 12.7. The van der Waals surface area contributed by atoms with E-state index in [4.69, 9.17) is 0 Å². The molecule has 108 valence electrons. The van der Waals surface area contributed by atoms with Gasteiger partial charge in [-0.05, 0) is 19.3 Å². The Balaban J connectivity index is 2.09. The molecule has 0 spiro atoms. The molecule has 0 N–H and O–H groups in total. The minimum Gasteiger partial charge on any atom is -0.325 e. The normalized spacial score (nSPS) is 17.9. The van der Waals surface area contributed by atoms with Crippen molar-refractivity contribution < 1.29 is 4.79 Å². The van der Waals surface area contributed by atoms with E-state index in [1.807, 2.05) is 9.47 Å². The molecule has 1 aromatic rings. The van der Waals surface area contributed by atoms with E-state index >= 15 is 0 Å². The number of aryl methyl sites for hydroxylation is 1. The number of guanidine groups is 1. The van der Waals surface area contributed by atoms with Gasteiger partial charge in [0.05, 0.1) is 6.33 Å². The molecular formula is C14H21N5O. The average Bonchev–Trinajstić information content (AvgIpc) is 2.88. The van der Waals surface area contributed by atoms with E-state index in [2.05, 4.69) is 28.7 Å². The molecule has 2 aliphatic rings. The van der Waals surface area contributed by atoms with Crippen LogP contribution in [0.15, 0.2) is 11.3 Å². The van der Waals surface area contributed by atoms with E-state index < -0.39 is 0 Å². The number of carbonyl (C=O) groups excluding carboxylic acids is 1. The Bertz CT molecular complexity index is 548. The molecule has 6 heteroatoms. The first-order valence-corrected chi connectivity index (χ1v) is 7.46. The highest BCUT2D eigenvalue weighted by Crippen LogP contribution is 2.29. The second kappa shape index (κ2) is 5.26. The van der Waals surface area contributed by atoms with Crippen molar-refractivity contribution in [3.05, 3.63) is 12.0 Å². The summed E-state index contributed by atoms with van der Waals surface area (Å²) in [4.78, 5) is 25.7. The Morgan fingerprint density at radius 3 is 2.80 bits per heavy atom. The summed E-state index contributed by atoms with van der Waals surface area (Å²) in [6.45, 7) is 7.47. The summed E-state index contributed by atoms with van der Waals surface area (Å²) in [5, 5.41) is 0. The highest BCUT2D eigenvalue weighted by Gasteiger charge is 2.39. The molecule has 0 saturated heterocycles. The number of rotatable bonds is 4. The van der Waals surface area contributed by atoms with Crippen LogP contribution in [-0.4, -0.2) is 46.0 Å². The molecule has 0 saturated carbocycles. The van der Waals surface area contributed by atoms with Crippen LogP contribution in [0.3, 0.4) is 0 Å². The zero-order chi connectivity index (χ0) is 14.1. The fraction of sp³-hybridized carbons (Fsp3) is 0.643. The predicted octanol–water partition coefficient (Wildman–Crippen LogP) is 1.72. The van der Waals surface area contributed by atoms with E-state index in [9.17, 15) is 4.79 Å². The maximum Gasteiger partial charge on any atom is 0.281 e. The SMILES string of the molecule is CCCN1C2=NCCCN2C(=O)c2c1ncn2CCC. The number of anilines is 1. The van der Waals surface area contributed by atoms with Crippen LogP contribution in [0.5, 0.6) is 0 Å². The van der Waals surface area contributed by atoms with Crippen molar-refractivity contribution in [1.82, 2.24) is 14.5 Å². The molecule has 3 heterocycles. The Labute approximate surface area is 119 Å². The molecule has 2 aliphatic heterocycles. The van der Waals surface area contributed by atoms with Gasteiger partial charge in [-0.15, -0.1) is 0 Å². The van der Waals surface area contributed by atoms with Gasteiger partial charge in [-0.2, -0.15) is 0 Å². The van der Waals surface area contributed by atoms with Crippen LogP contribution in [0.1, 0.15) is 43.6 Å². The lowest BCUT2D eigenvalue weighted by molar-refractivity contribution is 0.0823. The summed E-state index contributed by atoms with van der Waals surface area (Å²) >= 11 is 0. The summed E-state index contributed by atoms with van der Waals surface area (Å²) < 4.78 is 1.98. The highest BCUT2D eigenvalue weighted by molar-refractivity contribution is 6.17. The van der Waals surface area contributed by atoms with Crippen LogP contribution < -0.4 is 4.90 Å². The van der Waals surface area contributed by atoms with E-state index in [0.29, 0.717) is 0 Å². The fourth-order valence-electron chi connectivity index (χ4n) is 2.87. The first-order valence-electron chi connectivity index (χ1n) is 7.46. The molecule has 0 bridgehead atoms. The number of carbonyl (C=O) groups is 1. The zero-order valence-electron chi connectivity index (χ0n) is 12.2. The minimum absolute atomic E-state index is 0.0525. The third-order valence-electron chi connectivity index (χ3n) is 3.71. The molecule has 6 nitrogen and oxygen atoms in total. The Morgan fingerprint density at radius 2 is 2.05 bits per heavy atom. The number of aliphatic imine (C=N–C) groups is 1. The lowest BCUT2D eigenvalue weighted by atomic mass is 10.2. The van der Waals surface area contributed by atoms with Gasteiger partial charge >= 0.3 is 0 Å². The average molecular weight is 275 g/mol. The number of amides is 1. The molecule has 0 aromatic carbocycles. The molecule has 3 rings (SSSR count). The number of imidazole rings is 1. The minimum atomic E-state index is 0.0525. The standard InChI is InChI=1S/C14H21N5O/c1-3-7-17-10-16-12-11(17)13(20)19-9-5-6-15-14(19)18(12)8-4-2/h10H,3-9H2,1-2H3. The molecule has 0 unspecified atom stereocenters. The summed E-state index contributed by atoms with van der Waals surface area (Å²) in [5.41, 5.74) is 0.723. The Morgan fingerprint density at radius 1 is 1.25 bits per heavy atom. The monoisotopic (exact) mass is 275 g/mol. The zero-order valence-corrected chi connectivity index (χ0v) is 12.2. The van der Waals surface area contributed by atoms with E-state index in [0.717, 1.165) is 62.9 Å². The van der Waals surface area contributed by atoms with Crippen LogP contribution >= 0.6 is 0 Å². The lowest BCUT2D eigenvalue weighted by Gasteiger charge is -2.38. The number of hydrogen-bond acceptors (Lipinski definition) is 4. The van der Waals surface area contributed by atoms with Gasteiger partial charge < -0.3 is 4.57 Å². The topological polar surface area (TPSA) is 53.7 Å². The van der Waals surface area contributed by atoms with Crippen molar-refractivity contribution in [3.63, 3.8) is 0 Å². The van der Waals surface area contributed by atoms with E-state index in [-0.39, 0.29) is 5.91 Å². The quantitative estimate of drug-likeness (QED) is 0.841. The van der Waals surface area contributed by atoms with Crippen molar-refractivity contribution in [3.8, 4) is 0 Å². The van der Waals surface area contributed by atoms with Gasteiger partial charge in [0.1, 0.15) is 0 Å². The summed E-state index contributed by atoms with van der Waals surface area (Å²) in [6.07, 6.45) is 4.71. The molecular weight excluding hydrogens is 254 g/mol. The van der Waals surface area contributed by atoms with Gasteiger partial charge in [0.15, 0.2) is 11.5 Å². The molecule has 0 atom stereocenters. The largest absolute Gasteiger partial charge is 0.325 e. The predicted molar refractivity (Wildman–Crippen MR) is 78.1 cm³/mol. The van der Waals surface area contributed by atoms with Crippen LogP contribution in [0.2, 0.25) is 0 Å². The lowest BCUT2D eigenvalue weighted by Crippen LogP contribution is -2.54. The third kappa shape index (κ3) is 1.90. The third-order valence-corrected chi connectivity index (χ3v) is 3.71. The van der Waals surface area contributed by atoms with Crippen molar-refractivity contribution in [2.24, 2.45) is 4.99 Å². The molecule has 0 aliphatic carbocycles. The smallest absolute Gasteiger partial charge is 0.281 e. The number of aromatic nitrogens is 2. The maximum absolute atomic E-state index is 12.7. The van der Waals surface area contributed by atoms with Crippen LogP contribution in [0.4, 0.5) is 5.82 Å². The molecule has 20 heavy (non-hydrogen) atoms. The first-order chi connectivity index (χ1) is 9.77. The second-order valence-electron chi connectivity index (χ2n) is 5.25. The number of fused-ring (bicyclic) bond motifs is 2. The Hall–Kier alpha value is -1.85. The van der Waals surface area contributed by atoms with Gasteiger partial charge in [-0.25, -0.2) is 4.98 Å². The molecule has 1 aromatic heterocycles. The summed E-state index contributed by atoms with van der Waals surface area (Å²) in [7, 11) is 0. The van der Waals surface area contributed by atoms with E-state index in [1.54, 1.807) is 6.33 Å². The molecule has 0 fully saturated rings. The van der Waals surface area contributed by atoms with Crippen molar-refractivity contribution in [2.45, 2.75) is 39.7 Å². The Kier molecular flexibility index (Phi) is 3.46. The second-order valence-corrected chi connectivity index (χ2v) is 5.25. The first kappa shape index (κ1) is 13.1.